The van der Waals surface area contributed by atoms with Gasteiger partial charge in [-0.3, -0.25) is 14.4 Å². The number of anilines is 1. The number of halogens is 1. The van der Waals surface area contributed by atoms with Crippen LogP contribution >= 0.6 is 11.8 Å². The number of hydrogen-bond acceptors (Lipinski definition) is 5. The van der Waals surface area contributed by atoms with Gasteiger partial charge in [0.2, 0.25) is 5.91 Å². The Labute approximate surface area is 196 Å². The Morgan fingerprint density at radius 1 is 1.06 bits per heavy atom. The van der Waals surface area contributed by atoms with E-state index in [1.165, 1.54) is 23.9 Å². The van der Waals surface area contributed by atoms with Gasteiger partial charge in [-0.2, -0.15) is 0 Å². The molecule has 0 spiro atoms. The van der Waals surface area contributed by atoms with Gasteiger partial charge in [-0.25, -0.2) is 4.39 Å². The monoisotopic (exact) mass is 470 g/mol. The van der Waals surface area contributed by atoms with Gasteiger partial charge in [0.15, 0.2) is 6.61 Å². The van der Waals surface area contributed by atoms with Gasteiger partial charge < -0.3 is 15.0 Å². The maximum absolute atomic E-state index is 13.3. The Bertz CT molecular complexity index is 1010. The molecular formula is C25H27FN2O4S. The first kappa shape index (κ1) is 23.3. The second-order valence-corrected chi connectivity index (χ2v) is 9.64. The van der Waals surface area contributed by atoms with Crippen molar-refractivity contribution in [3.05, 3.63) is 59.9 Å². The molecule has 6 nitrogen and oxygen atoms in total. The summed E-state index contributed by atoms with van der Waals surface area (Å²) in [4.78, 5) is 40.4. The maximum atomic E-state index is 13.3. The summed E-state index contributed by atoms with van der Waals surface area (Å²) in [6, 6.07) is 13.6. The number of fused-ring (bicyclic) bond motifs is 1. The van der Waals surface area contributed by atoms with E-state index in [1.54, 1.807) is 17.0 Å². The van der Waals surface area contributed by atoms with Gasteiger partial charge in [0.25, 0.3) is 5.91 Å². The van der Waals surface area contributed by atoms with Gasteiger partial charge in [-0.1, -0.05) is 43.5 Å². The highest BCUT2D eigenvalue weighted by Crippen LogP contribution is 2.36. The summed E-state index contributed by atoms with van der Waals surface area (Å²) in [7, 11) is 0. The summed E-state index contributed by atoms with van der Waals surface area (Å²) in [6.45, 7) is -0.0227. The van der Waals surface area contributed by atoms with E-state index >= 15 is 0 Å². The highest BCUT2D eigenvalue weighted by molar-refractivity contribution is 8.01. The zero-order chi connectivity index (χ0) is 23.2. The number of thioether (sulfide) groups is 1. The minimum atomic E-state index is -0.601. The second kappa shape index (κ2) is 10.8. The molecule has 1 aliphatic carbocycles. The fraction of sp³-hybridized carbons (Fsp3) is 0.400. The molecule has 2 aromatic carbocycles. The smallest absolute Gasteiger partial charge is 0.307 e. The van der Waals surface area contributed by atoms with Crippen LogP contribution in [0.15, 0.2) is 53.4 Å². The number of para-hydroxylation sites is 1. The average Bonchev–Trinajstić information content (AvgIpc) is 2.83. The van der Waals surface area contributed by atoms with Gasteiger partial charge in [0.05, 0.1) is 17.4 Å². The minimum absolute atomic E-state index is 0.0752. The third-order valence-corrected chi connectivity index (χ3v) is 7.29. The number of ether oxygens (including phenoxy) is 1. The summed E-state index contributed by atoms with van der Waals surface area (Å²) >= 11 is 1.32. The van der Waals surface area contributed by atoms with E-state index in [2.05, 4.69) is 5.32 Å². The predicted molar refractivity (Wildman–Crippen MR) is 124 cm³/mol. The van der Waals surface area contributed by atoms with Gasteiger partial charge >= 0.3 is 5.97 Å². The number of hydrogen-bond donors (Lipinski definition) is 1. The zero-order valence-corrected chi connectivity index (χ0v) is 19.1. The predicted octanol–water partition coefficient (Wildman–Crippen LogP) is 4.53. The summed E-state index contributed by atoms with van der Waals surface area (Å²) < 4.78 is 18.6. The van der Waals surface area contributed by atoms with E-state index < -0.39 is 11.2 Å². The molecule has 0 aromatic heterocycles. The van der Waals surface area contributed by atoms with E-state index in [1.807, 2.05) is 24.3 Å². The van der Waals surface area contributed by atoms with Crippen molar-refractivity contribution >= 4 is 35.2 Å². The molecular weight excluding hydrogens is 443 g/mol. The van der Waals surface area contributed by atoms with Gasteiger partial charge in [-0.15, -0.1) is 11.8 Å². The van der Waals surface area contributed by atoms with Crippen LogP contribution in [0.1, 0.15) is 44.1 Å². The Hall–Kier alpha value is -2.87. The summed E-state index contributed by atoms with van der Waals surface area (Å²) in [5.74, 6) is -1.43. The maximum Gasteiger partial charge on any atom is 0.307 e. The topological polar surface area (TPSA) is 75.7 Å². The first-order valence-electron chi connectivity index (χ1n) is 11.3. The summed E-state index contributed by atoms with van der Waals surface area (Å²) in [5, 5.41) is 2.20. The van der Waals surface area contributed by atoms with Crippen molar-refractivity contribution < 1.29 is 23.5 Å². The van der Waals surface area contributed by atoms with Crippen LogP contribution in [0.5, 0.6) is 0 Å². The number of esters is 1. The average molecular weight is 471 g/mol. The molecule has 1 unspecified atom stereocenters. The SMILES string of the molecule is O=C(CC1Sc2ccccc2NC1=O)OCC(=O)N(Cc1ccc(F)cc1)C1CCCCC1. The highest BCUT2D eigenvalue weighted by atomic mass is 32.2. The lowest BCUT2D eigenvalue weighted by atomic mass is 9.93. The van der Waals surface area contributed by atoms with Crippen molar-refractivity contribution in [1.82, 2.24) is 4.90 Å². The lowest BCUT2D eigenvalue weighted by Crippen LogP contribution is -2.43. The van der Waals surface area contributed by atoms with E-state index in [-0.39, 0.29) is 36.7 Å². The Morgan fingerprint density at radius 2 is 1.79 bits per heavy atom. The van der Waals surface area contributed by atoms with Crippen LogP contribution in [0.25, 0.3) is 0 Å². The molecule has 0 radical (unpaired) electrons. The van der Waals surface area contributed by atoms with Crippen LogP contribution < -0.4 is 5.32 Å². The van der Waals surface area contributed by atoms with Gasteiger partial charge in [0.1, 0.15) is 5.82 Å². The van der Waals surface area contributed by atoms with E-state index in [9.17, 15) is 18.8 Å². The first-order chi connectivity index (χ1) is 16.0. The highest BCUT2D eigenvalue weighted by Gasteiger charge is 2.31. The standard InChI is InChI=1S/C25H27FN2O4S/c26-18-12-10-17(11-13-18)15-28(19-6-2-1-3-7-19)23(29)16-32-24(30)14-22-25(31)27-20-8-4-5-9-21(20)33-22/h4-5,8-13,19,22H,1-3,6-7,14-16H2,(H,27,31). The van der Waals surface area contributed by atoms with Crippen LogP contribution in [0, 0.1) is 5.82 Å². The van der Waals surface area contributed by atoms with Gasteiger partial charge in [0, 0.05) is 17.5 Å². The Kier molecular flexibility index (Phi) is 7.65. The summed E-state index contributed by atoms with van der Waals surface area (Å²) in [5.41, 5.74) is 1.56. The summed E-state index contributed by atoms with van der Waals surface area (Å²) in [6.07, 6.45) is 4.94. The molecule has 33 heavy (non-hydrogen) atoms. The molecule has 1 saturated carbocycles. The van der Waals surface area contributed by atoms with Crippen LogP contribution in [0.2, 0.25) is 0 Å². The molecule has 0 saturated heterocycles. The first-order valence-corrected chi connectivity index (χ1v) is 12.1. The van der Waals surface area contributed by atoms with Gasteiger partial charge in [-0.05, 0) is 42.7 Å². The molecule has 1 N–H and O–H groups in total. The third kappa shape index (κ3) is 6.13. The van der Waals surface area contributed by atoms with Crippen LogP contribution in [0.3, 0.4) is 0 Å². The number of nitrogens with one attached hydrogen (secondary N) is 1. The molecule has 2 aliphatic rings. The number of amides is 2. The Balaban J connectivity index is 1.34. The van der Waals surface area contributed by atoms with Crippen molar-refractivity contribution in [2.24, 2.45) is 0 Å². The quantitative estimate of drug-likeness (QED) is 0.602. The van der Waals surface area contributed by atoms with Crippen LogP contribution in [0.4, 0.5) is 10.1 Å². The number of rotatable bonds is 7. The third-order valence-electron chi connectivity index (χ3n) is 6.02. The minimum Gasteiger partial charge on any atom is -0.456 e. The molecule has 2 aromatic rings. The molecule has 1 aliphatic heterocycles. The number of carbonyl (C=O) groups excluding carboxylic acids is 3. The number of carbonyl (C=O) groups is 3. The Morgan fingerprint density at radius 3 is 2.55 bits per heavy atom. The molecule has 2 amide bonds. The largest absolute Gasteiger partial charge is 0.456 e. The molecule has 174 valence electrons. The van der Waals surface area contributed by atoms with E-state index in [0.717, 1.165) is 48.3 Å². The van der Waals surface area contributed by atoms with E-state index in [4.69, 9.17) is 4.74 Å². The number of nitrogens with zero attached hydrogens (tertiary/aromatic N) is 1. The van der Waals surface area contributed by atoms with Crippen molar-refractivity contribution in [3.8, 4) is 0 Å². The fourth-order valence-corrected chi connectivity index (χ4v) is 5.36. The lowest BCUT2D eigenvalue weighted by Gasteiger charge is -2.34. The van der Waals surface area contributed by atoms with Crippen molar-refractivity contribution in [1.29, 1.82) is 0 Å². The molecule has 1 heterocycles. The molecule has 0 bridgehead atoms. The number of benzene rings is 2. The second-order valence-electron chi connectivity index (χ2n) is 8.40. The van der Waals surface area contributed by atoms with Crippen LogP contribution in [-0.4, -0.2) is 40.6 Å². The normalized spacial score (nSPS) is 18.2. The van der Waals surface area contributed by atoms with Crippen molar-refractivity contribution in [2.45, 2.75) is 61.3 Å². The molecule has 1 atom stereocenters. The van der Waals surface area contributed by atoms with Crippen molar-refractivity contribution in [3.63, 3.8) is 0 Å². The lowest BCUT2D eigenvalue weighted by molar-refractivity contribution is -0.154. The molecule has 4 rings (SSSR count). The fourth-order valence-electron chi connectivity index (χ4n) is 4.26. The zero-order valence-electron chi connectivity index (χ0n) is 18.3. The van der Waals surface area contributed by atoms with E-state index in [0.29, 0.717) is 6.54 Å². The van der Waals surface area contributed by atoms with Crippen LogP contribution in [-0.2, 0) is 25.7 Å². The molecule has 8 heteroatoms. The molecule has 1 fully saturated rings. The van der Waals surface area contributed by atoms with Crippen molar-refractivity contribution in [2.75, 3.05) is 11.9 Å².